The summed E-state index contributed by atoms with van der Waals surface area (Å²) in [7, 11) is 0. The zero-order valence-electron chi connectivity index (χ0n) is 10.2. The molecular formula is C13H16F3NO. The minimum atomic E-state index is -4.30. The smallest absolute Gasteiger partial charge is 0.356 e. The second kappa shape index (κ2) is 6.42. The predicted molar refractivity (Wildman–Crippen MR) is 63.1 cm³/mol. The molecule has 0 fully saturated rings. The van der Waals surface area contributed by atoms with Crippen molar-refractivity contribution in [3.63, 3.8) is 0 Å². The number of nitrogens with one attached hydrogen (secondary N) is 1. The number of benzene rings is 1. The lowest BCUT2D eigenvalue weighted by Crippen LogP contribution is -2.25. The highest BCUT2D eigenvalue weighted by Crippen LogP contribution is 2.29. The van der Waals surface area contributed by atoms with Gasteiger partial charge in [0.25, 0.3) is 0 Å². The third kappa shape index (κ3) is 4.77. The fourth-order valence-corrected chi connectivity index (χ4v) is 1.52. The van der Waals surface area contributed by atoms with Crippen molar-refractivity contribution in [3.05, 3.63) is 35.4 Å². The van der Waals surface area contributed by atoms with E-state index in [2.05, 4.69) is 5.32 Å². The van der Waals surface area contributed by atoms with Crippen LogP contribution in [0.25, 0.3) is 0 Å². The van der Waals surface area contributed by atoms with Crippen molar-refractivity contribution in [2.24, 2.45) is 0 Å². The summed E-state index contributed by atoms with van der Waals surface area (Å²) in [6.45, 7) is 2.36. The zero-order valence-corrected chi connectivity index (χ0v) is 10.2. The first kappa shape index (κ1) is 14.5. The third-order valence-corrected chi connectivity index (χ3v) is 2.49. The summed E-state index contributed by atoms with van der Waals surface area (Å²) in [4.78, 5) is 11.2. The molecule has 1 rings (SSSR count). The van der Waals surface area contributed by atoms with Crippen molar-refractivity contribution in [1.82, 2.24) is 5.32 Å². The molecular weight excluding hydrogens is 243 g/mol. The maximum absolute atomic E-state index is 12.3. The number of rotatable bonds is 5. The summed E-state index contributed by atoms with van der Waals surface area (Å²) in [6.07, 6.45) is -2.50. The molecule has 0 aromatic heterocycles. The van der Waals surface area contributed by atoms with Crippen molar-refractivity contribution in [2.75, 3.05) is 6.54 Å². The highest BCUT2D eigenvalue weighted by Gasteiger charge is 2.29. The van der Waals surface area contributed by atoms with Crippen LogP contribution < -0.4 is 5.32 Å². The van der Waals surface area contributed by atoms with Crippen LogP contribution in [-0.4, -0.2) is 12.5 Å². The molecule has 1 amide bonds. The van der Waals surface area contributed by atoms with E-state index in [0.29, 0.717) is 19.4 Å². The van der Waals surface area contributed by atoms with E-state index in [0.717, 1.165) is 24.1 Å². The molecule has 0 heterocycles. The monoisotopic (exact) mass is 259 g/mol. The van der Waals surface area contributed by atoms with Crippen molar-refractivity contribution in [3.8, 4) is 0 Å². The molecule has 0 spiro atoms. The van der Waals surface area contributed by atoms with Gasteiger partial charge in [-0.15, -0.1) is 0 Å². The maximum atomic E-state index is 12.3. The van der Waals surface area contributed by atoms with Gasteiger partial charge in [0, 0.05) is 13.0 Å². The van der Waals surface area contributed by atoms with Crippen LogP contribution >= 0.6 is 0 Å². The van der Waals surface area contributed by atoms with Crippen LogP contribution in [0.15, 0.2) is 24.3 Å². The van der Waals surface area contributed by atoms with E-state index >= 15 is 0 Å². The number of hydrogen-bond acceptors (Lipinski definition) is 1. The molecule has 1 aromatic rings. The van der Waals surface area contributed by atoms with Gasteiger partial charge in [0.15, 0.2) is 0 Å². The van der Waals surface area contributed by atoms with E-state index in [-0.39, 0.29) is 5.91 Å². The summed E-state index contributed by atoms with van der Waals surface area (Å²) in [5.74, 6) is -0.0237. The Morgan fingerprint density at radius 3 is 2.33 bits per heavy atom. The topological polar surface area (TPSA) is 29.1 Å². The van der Waals surface area contributed by atoms with Gasteiger partial charge in [-0.1, -0.05) is 19.1 Å². The predicted octanol–water partition coefficient (Wildman–Crippen LogP) is 3.16. The summed E-state index contributed by atoms with van der Waals surface area (Å²) in [5.41, 5.74) is 0.126. The van der Waals surface area contributed by atoms with Gasteiger partial charge in [0.1, 0.15) is 0 Å². The number of carbonyl (C=O) groups is 1. The van der Waals surface area contributed by atoms with Crippen molar-refractivity contribution in [2.45, 2.75) is 32.4 Å². The highest BCUT2D eigenvalue weighted by atomic mass is 19.4. The Morgan fingerprint density at radius 2 is 1.83 bits per heavy atom. The first-order valence-corrected chi connectivity index (χ1v) is 5.86. The summed E-state index contributed by atoms with van der Waals surface area (Å²) >= 11 is 0. The van der Waals surface area contributed by atoms with E-state index in [1.807, 2.05) is 6.92 Å². The Hall–Kier alpha value is -1.52. The molecule has 0 aliphatic rings. The van der Waals surface area contributed by atoms with Gasteiger partial charge in [0.2, 0.25) is 5.91 Å². The van der Waals surface area contributed by atoms with Gasteiger partial charge in [-0.2, -0.15) is 13.2 Å². The quantitative estimate of drug-likeness (QED) is 0.864. The molecule has 0 aliphatic heterocycles. The summed E-state index contributed by atoms with van der Waals surface area (Å²) in [6, 6.07) is 5.00. The number of carbonyl (C=O) groups excluding carboxylic acids is 1. The molecule has 18 heavy (non-hydrogen) atoms. The second-order valence-corrected chi connectivity index (χ2v) is 4.04. The first-order chi connectivity index (χ1) is 8.43. The molecule has 5 heteroatoms. The second-order valence-electron chi connectivity index (χ2n) is 4.04. The van der Waals surface area contributed by atoms with Crippen LogP contribution in [0.1, 0.15) is 30.9 Å². The van der Waals surface area contributed by atoms with Crippen LogP contribution in [0, 0.1) is 0 Å². The molecule has 2 nitrogen and oxygen atoms in total. The number of amides is 1. The van der Waals surface area contributed by atoms with Crippen LogP contribution in [-0.2, 0) is 17.4 Å². The highest BCUT2D eigenvalue weighted by molar-refractivity contribution is 5.75. The average molecular weight is 259 g/mol. The Morgan fingerprint density at radius 1 is 1.22 bits per heavy atom. The van der Waals surface area contributed by atoms with E-state index in [9.17, 15) is 18.0 Å². The van der Waals surface area contributed by atoms with E-state index < -0.39 is 11.7 Å². The minimum absolute atomic E-state index is 0.0237. The zero-order chi connectivity index (χ0) is 13.6. The molecule has 0 aliphatic carbocycles. The molecule has 0 saturated heterocycles. The van der Waals surface area contributed by atoms with Crippen molar-refractivity contribution >= 4 is 5.91 Å². The van der Waals surface area contributed by atoms with E-state index in [1.54, 1.807) is 0 Å². The largest absolute Gasteiger partial charge is 0.416 e. The van der Waals surface area contributed by atoms with Gasteiger partial charge in [0.05, 0.1) is 5.56 Å². The van der Waals surface area contributed by atoms with E-state index in [1.165, 1.54) is 12.1 Å². The molecule has 0 bridgehead atoms. The third-order valence-electron chi connectivity index (χ3n) is 2.49. The average Bonchev–Trinajstić information content (AvgIpc) is 2.29. The number of alkyl halides is 3. The van der Waals surface area contributed by atoms with Gasteiger partial charge in [-0.05, 0) is 30.5 Å². The van der Waals surface area contributed by atoms with Crippen LogP contribution in [0.3, 0.4) is 0 Å². The molecule has 100 valence electrons. The Balaban J connectivity index is 2.42. The summed E-state index contributed by atoms with van der Waals surface area (Å²) < 4.78 is 36.9. The number of hydrogen-bond donors (Lipinski definition) is 1. The Kier molecular flexibility index (Phi) is 5.19. The van der Waals surface area contributed by atoms with Gasteiger partial charge >= 0.3 is 6.18 Å². The lowest BCUT2D eigenvalue weighted by molar-refractivity contribution is -0.137. The maximum Gasteiger partial charge on any atom is 0.416 e. The standard InChI is InChI=1S/C13H16F3NO/c1-2-3-12(18)17-9-8-10-4-6-11(7-5-10)13(14,15)16/h4-7H,2-3,8-9H2,1H3,(H,17,18). The molecule has 0 saturated carbocycles. The van der Waals surface area contributed by atoms with Gasteiger partial charge in [-0.25, -0.2) is 0 Å². The van der Waals surface area contributed by atoms with Gasteiger partial charge < -0.3 is 5.32 Å². The SMILES string of the molecule is CCCC(=O)NCCc1ccc(C(F)(F)F)cc1. The minimum Gasteiger partial charge on any atom is -0.356 e. The molecule has 1 aromatic carbocycles. The normalized spacial score (nSPS) is 11.3. The first-order valence-electron chi connectivity index (χ1n) is 5.86. The van der Waals surface area contributed by atoms with Crippen molar-refractivity contribution in [1.29, 1.82) is 0 Å². The number of halogens is 3. The van der Waals surface area contributed by atoms with Gasteiger partial charge in [-0.3, -0.25) is 4.79 Å². The molecule has 1 N–H and O–H groups in total. The van der Waals surface area contributed by atoms with Crippen LogP contribution in [0.4, 0.5) is 13.2 Å². The molecule has 0 unspecified atom stereocenters. The van der Waals surface area contributed by atoms with Crippen LogP contribution in [0.2, 0.25) is 0 Å². The fourth-order valence-electron chi connectivity index (χ4n) is 1.52. The van der Waals surface area contributed by atoms with Crippen molar-refractivity contribution < 1.29 is 18.0 Å². The summed E-state index contributed by atoms with van der Waals surface area (Å²) in [5, 5.41) is 2.72. The molecule has 0 radical (unpaired) electrons. The Labute approximate surface area is 104 Å². The fraction of sp³-hybridized carbons (Fsp3) is 0.462. The lowest BCUT2D eigenvalue weighted by Gasteiger charge is -2.08. The van der Waals surface area contributed by atoms with Crippen LogP contribution in [0.5, 0.6) is 0 Å². The Bertz CT molecular complexity index is 384. The lowest BCUT2D eigenvalue weighted by atomic mass is 10.1. The molecule has 0 atom stereocenters. The van der Waals surface area contributed by atoms with E-state index in [4.69, 9.17) is 0 Å².